The molecule has 1 aliphatic heterocycles. The third-order valence-electron chi connectivity index (χ3n) is 3.31. The summed E-state index contributed by atoms with van der Waals surface area (Å²) in [6, 6.07) is 2.62. The van der Waals surface area contributed by atoms with Gasteiger partial charge in [-0.3, -0.25) is 4.98 Å². The number of hydrogen-bond acceptors (Lipinski definition) is 6. The average Bonchev–Trinajstić information content (AvgIpc) is 2.93. The van der Waals surface area contributed by atoms with Crippen LogP contribution in [0.1, 0.15) is 29.1 Å². The van der Waals surface area contributed by atoms with E-state index in [9.17, 15) is 13.2 Å². The van der Waals surface area contributed by atoms with Crippen molar-refractivity contribution >= 4 is 17.6 Å². The van der Waals surface area contributed by atoms with Gasteiger partial charge in [-0.2, -0.15) is 13.2 Å². The zero-order valence-corrected chi connectivity index (χ0v) is 12.9. The second kappa shape index (κ2) is 5.88. The summed E-state index contributed by atoms with van der Waals surface area (Å²) in [4.78, 5) is 11.7. The number of anilines is 1. The zero-order valence-electron chi connectivity index (χ0n) is 12.1. The molecule has 0 radical (unpaired) electrons. The molecule has 0 fully saturated rings. The fourth-order valence-corrected chi connectivity index (χ4v) is 3.06. The van der Waals surface area contributed by atoms with Gasteiger partial charge in [-0.25, -0.2) is 9.97 Å². The van der Waals surface area contributed by atoms with Crippen molar-refractivity contribution in [3.8, 4) is 5.75 Å². The summed E-state index contributed by atoms with van der Waals surface area (Å²) < 4.78 is 43.7. The van der Waals surface area contributed by atoms with Gasteiger partial charge in [-0.1, -0.05) is 11.8 Å². The van der Waals surface area contributed by atoms with E-state index in [1.54, 1.807) is 6.20 Å². The molecule has 0 saturated carbocycles. The number of ether oxygens (including phenoxy) is 1. The number of aromatic nitrogens is 3. The normalized spacial score (nSPS) is 15.1. The minimum Gasteiger partial charge on any atom is -0.491 e. The lowest BCUT2D eigenvalue weighted by atomic mass is 10.1. The number of alkyl halides is 3. The maximum atomic E-state index is 12.8. The summed E-state index contributed by atoms with van der Waals surface area (Å²) in [6.45, 7) is 2.45. The monoisotopic (exact) mass is 342 g/mol. The highest BCUT2D eigenvalue weighted by atomic mass is 32.2. The van der Waals surface area contributed by atoms with E-state index in [0.29, 0.717) is 6.61 Å². The van der Waals surface area contributed by atoms with Gasteiger partial charge in [0.05, 0.1) is 23.7 Å². The Kier molecular flexibility index (Phi) is 4.05. The van der Waals surface area contributed by atoms with E-state index >= 15 is 0 Å². The van der Waals surface area contributed by atoms with Crippen LogP contribution in [-0.4, -0.2) is 21.6 Å². The van der Waals surface area contributed by atoms with Gasteiger partial charge in [-0.15, -0.1) is 0 Å². The molecule has 122 valence electrons. The van der Waals surface area contributed by atoms with E-state index in [0.717, 1.165) is 41.3 Å². The molecule has 1 atom stereocenters. The first-order chi connectivity index (χ1) is 10.8. The number of nitrogens with zero attached hydrogens (tertiary/aromatic N) is 3. The molecule has 0 saturated heterocycles. The first-order valence-electron chi connectivity index (χ1n) is 6.83. The summed E-state index contributed by atoms with van der Waals surface area (Å²) >= 11 is 1.08. The maximum absolute atomic E-state index is 12.8. The average molecular weight is 342 g/mol. The lowest BCUT2D eigenvalue weighted by Gasteiger charge is -2.12. The highest BCUT2D eigenvalue weighted by Gasteiger charge is 2.33. The fraction of sp³-hybridized carbons (Fsp3) is 0.357. The number of pyridine rings is 1. The van der Waals surface area contributed by atoms with Crippen LogP contribution < -0.4 is 10.5 Å². The Balaban J connectivity index is 1.83. The standard InChI is InChI=1S/C14H13F3N4OS/c1-7(9-4-8-2-3-22-10(8)6-19-9)23-13-20-11(14(15,16)17)5-12(18)21-13/h4-7H,2-3H2,1H3,(H2,18,20,21). The van der Waals surface area contributed by atoms with Crippen molar-refractivity contribution < 1.29 is 17.9 Å². The van der Waals surface area contributed by atoms with Gasteiger partial charge < -0.3 is 10.5 Å². The van der Waals surface area contributed by atoms with Crippen LogP contribution in [0.3, 0.4) is 0 Å². The number of rotatable bonds is 3. The highest BCUT2D eigenvalue weighted by Crippen LogP contribution is 2.36. The zero-order chi connectivity index (χ0) is 16.6. The van der Waals surface area contributed by atoms with Gasteiger partial charge in [-0.05, 0) is 13.0 Å². The molecule has 2 aromatic heterocycles. The van der Waals surface area contributed by atoms with Gasteiger partial charge in [0, 0.05) is 18.1 Å². The minimum absolute atomic E-state index is 0.0247. The topological polar surface area (TPSA) is 73.9 Å². The van der Waals surface area contributed by atoms with Crippen LogP contribution in [0.4, 0.5) is 19.0 Å². The summed E-state index contributed by atoms with van der Waals surface area (Å²) in [7, 11) is 0. The molecule has 1 unspecified atom stereocenters. The first-order valence-corrected chi connectivity index (χ1v) is 7.71. The molecule has 1 aliphatic rings. The van der Waals surface area contributed by atoms with Crippen molar-refractivity contribution in [1.29, 1.82) is 0 Å². The van der Waals surface area contributed by atoms with Gasteiger partial charge >= 0.3 is 6.18 Å². The third-order valence-corrected chi connectivity index (χ3v) is 4.30. The first kappa shape index (κ1) is 15.9. The molecule has 5 nitrogen and oxygen atoms in total. The summed E-state index contributed by atoms with van der Waals surface area (Å²) in [5, 5.41) is -0.243. The van der Waals surface area contributed by atoms with Crippen molar-refractivity contribution in [2.75, 3.05) is 12.3 Å². The molecule has 23 heavy (non-hydrogen) atoms. The molecule has 0 spiro atoms. The quantitative estimate of drug-likeness (QED) is 0.682. The van der Waals surface area contributed by atoms with Crippen molar-refractivity contribution in [3.63, 3.8) is 0 Å². The molecule has 0 aliphatic carbocycles. The number of hydrogen-bond donors (Lipinski definition) is 1. The Labute approximate surface area is 134 Å². The van der Waals surface area contributed by atoms with Gasteiger partial charge in [0.15, 0.2) is 10.9 Å². The third kappa shape index (κ3) is 3.49. The SMILES string of the molecule is CC(Sc1nc(N)cc(C(F)(F)F)n1)c1cc2c(cn1)OCC2. The van der Waals surface area contributed by atoms with Gasteiger partial charge in [0.2, 0.25) is 0 Å². The Hall–Kier alpha value is -2.03. The van der Waals surface area contributed by atoms with E-state index in [-0.39, 0.29) is 16.2 Å². The Morgan fingerprint density at radius 2 is 2.09 bits per heavy atom. The Morgan fingerprint density at radius 3 is 2.83 bits per heavy atom. The lowest BCUT2D eigenvalue weighted by molar-refractivity contribution is -0.141. The molecule has 0 aromatic carbocycles. The van der Waals surface area contributed by atoms with Crippen LogP contribution in [0, 0.1) is 0 Å². The van der Waals surface area contributed by atoms with Crippen molar-refractivity contribution in [3.05, 3.63) is 35.3 Å². The summed E-state index contributed by atoms with van der Waals surface area (Å²) in [5.41, 5.74) is 6.18. The van der Waals surface area contributed by atoms with Crippen molar-refractivity contribution in [2.24, 2.45) is 0 Å². The van der Waals surface area contributed by atoms with Crippen LogP contribution in [0.15, 0.2) is 23.5 Å². The predicted molar refractivity (Wildman–Crippen MR) is 79.2 cm³/mol. The number of fused-ring (bicyclic) bond motifs is 1. The molecule has 3 rings (SSSR count). The van der Waals surface area contributed by atoms with Crippen molar-refractivity contribution in [2.45, 2.75) is 29.9 Å². The fourth-order valence-electron chi connectivity index (χ4n) is 2.18. The van der Waals surface area contributed by atoms with Crippen LogP contribution in [0.5, 0.6) is 5.75 Å². The van der Waals surface area contributed by atoms with E-state index < -0.39 is 11.9 Å². The largest absolute Gasteiger partial charge is 0.491 e. The second-order valence-corrected chi connectivity index (χ2v) is 6.34. The number of nitrogen functional groups attached to an aromatic ring is 1. The van der Waals surface area contributed by atoms with E-state index in [1.165, 1.54) is 0 Å². The molecule has 3 heterocycles. The minimum atomic E-state index is -4.56. The highest BCUT2D eigenvalue weighted by molar-refractivity contribution is 7.99. The van der Waals surface area contributed by atoms with Crippen LogP contribution in [0.25, 0.3) is 0 Å². The van der Waals surface area contributed by atoms with Crippen LogP contribution in [0.2, 0.25) is 0 Å². The van der Waals surface area contributed by atoms with Gasteiger partial charge in [0.1, 0.15) is 11.6 Å². The summed E-state index contributed by atoms with van der Waals surface area (Å²) in [6.07, 6.45) is -2.12. The number of halogens is 3. The number of thioether (sulfide) groups is 1. The van der Waals surface area contributed by atoms with Crippen molar-refractivity contribution in [1.82, 2.24) is 15.0 Å². The van der Waals surface area contributed by atoms with Crippen LogP contribution in [-0.2, 0) is 12.6 Å². The molecule has 2 N–H and O–H groups in total. The van der Waals surface area contributed by atoms with E-state index in [2.05, 4.69) is 15.0 Å². The predicted octanol–water partition coefficient (Wildman–Crippen LogP) is 3.26. The molecular weight excluding hydrogens is 329 g/mol. The summed E-state index contributed by atoms with van der Waals surface area (Å²) in [5.74, 6) is 0.544. The van der Waals surface area contributed by atoms with E-state index in [4.69, 9.17) is 10.5 Å². The second-order valence-electron chi connectivity index (χ2n) is 5.03. The molecular formula is C14H13F3N4OS. The Bertz CT molecular complexity index is 738. The maximum Gasteiger partial charge on any atom is 0.433 e. The van der Waals surface area contributed by atoms with E-state index in [1.807, 2.05) is 13.0 Å². The lowest BCUT2D eigenvalue weighted by Crippen LogP contribution is -2.11. The molecule has 0 bridgehead atoms. The van der Waals surface area contributed by atoms with Gasteiger partial charge in [0.25, 0.3) is 0 Å². The molecule has 2 aromatic rings. The molecule has 9 heteroatoms. The van der Waals surface area contributed by atoms with Crippen LogP contribution >= 0.6 is 11.8 Å². The number of nitrogens with two attached hydrogens (primary N) is 1. The molecule has 0 amide bonds. The smallest absolute Gasteiger partial charge is 0.433 e. The Morgan fingerprint density at radius 1 is 1.30 bits per heavy atom.